The van der Waals surface area contributed by atoms with Gasteiger partial charge in [0.1, 0.15) is 5.70 Å². The third kappa shape index (κ3) is 2.08. The molecule has 0 fully saturated rings. The summed E-state index contributed by atoms with van der Waals surface area (Å²) in [5, 5.41) is 0. The van der Waals surface area contributed by atoms with Gasteiger partial charge in [-0.05, 0) is 12.8 Å². The Balaban J connectivity index is 4.05. The van der Waals surface area contributed by atoms with Gasteiger partial charge >= 0.3 is 0 Å². The molecule has 2 heteroatoms. The highest BCUT2D eigenvalue weighted by molar-refractivity contribution is 5.74. The normalized spacial score (nSPS) is 10.2. The fraction of sp³-hybridized carbons (Fsp3) is 0. The summed E-state index contributed by atoms with van der Waals surface area (Å²) in [5.41, 5.74) is 0.306. The van der Waals surface area contributed by atoms with Crippen LogP contribution in [-0.4, -0.2) is 13.0 Å². The zero-order chi connectivity index (χ0) is 6.41. The molecule has 0 bridgehead atoms. The van der Waals surface area contributed by atoms with Crippen molar-refractivity contribution in [3.05, 3.63) is 24.4 Å². The second kappa shape index (κ2) is 3.99. The first-order valence-electron chi connectivity index (χ1n) is 2.09. The highest BCUT2D eigenvalue weighted by Gasteiger charge is 1.80. The Hall–Kier alpha value is -1.18. The van der Waals surface area contributed by atoms with Gasteiger partial charge in [0.15, 0.2) is 6.29 Å². The standard InChI is InChI=1S/C6H7NO/c1-3-4-6(5-8)7-2/h3-5H,1-2H2. The molecule has 0 atom stereocenters. The average molecular weight is 109 g/mol. The lowest BCUT2D eigenvalue weighted by Gasteiger charge is -1.79. The summed E-state index contributed by atoms with van der Waals surface area (Å²) in [6.45, 7) is 6.53. The van der Waals surface area contributed by atoms with E-state index in [4.69, 9.17) is 0 Å². The molecule has 0 aromatic heterocycles. The van der Waals surface area contributed by atoms with Crippen molar-refractivity contribution in [2.45, 2.75) is 0 Å². The van der Waals surface area contributed by atoms with Crippen LogP contribution in [0, 0.1) is 0 Å². The van der Waals surface area contributed by atoms with Crippen molar-refractivity contribution in [3.8, 4) is 0 Å². The zero-order valence-corrected chi connectivity index (χ0v) is 4.50. The molecule has 0 rings (SSSR count). The molecule has 0 amide bonds. The molecule has 0 radical (unpaired) electrons. The molecule has 0 aliphatic heterocycles. The van der Waals surface area contributed by atoms with Gasteiger partial charge in [0.2, 0.25) is 0 Å². The van der Waals surface area contributed by atoms with E-state index in [2.05, 4.69) is 18.3 Å². The fourth-order valence-electron chi connectivity index (χ4n) is 0.250. The van der Waals surface area contributed by atoms with Crippen molar-refractivity contribution in [2.75, 3.05) is 0 Å². The Morgan fingerprint density at radius 3 is 2.38 bits per heavy atom. The maximum Gasteiger partial charge on any atom is 0.168 e. The van der Waals surface area contributed by atoms with Gasteiger partial charge in [-0.3, -0.25) is 9.79 Å². The van der Waals surface area contributed by atoms with Crippen molar-refractivity contribution in [1.29, 1.82) is 0 Å². The summed E-state index contributed by atoms with van der Waals surface area (Å²) in [6.07, 6.45) is 3.59. The van der Waals surface area contributed by atoms with Crippen molar-refractivity contribution < 1.29 is 4.79 Å². The minimum atomic E-state index is 0.306. The molecule has 0 saturated carbocycles. The number of aliphatic imine (C=N–C) groups is 1. The molecule has 0 aromatic rings. The third-order valence-electron chi connectivity index (χ3n) is 0.592. The van der Waals surface area contributed by atoms with Gasteiger partial charge in [-0.25, -0.2) is 0 Å². The van der Waals surface area contributed by atoms with E-state index in [9.17, 15) is 4.79 Å². The van der Waals surface area contributed by atoms with Crippen LogP contribution in [0.15, 0.2) is 29.4 Å². The highest BCUT2D eigenvalue weighted by atomic mass is 16.1. The number of rotatable bonds is 3. The molecule has 0 N–H and O–H groups in total. The summed E-state index contributed by atoms with van der Waals surface area (Å²) < 4.78 is 0. The van der Waals surface area contributed by atoms with Gasteiger partial charge in [0.05, 0.1) is 0 Å². The van der Waals surface area contributed by atoms with E-state index >= 15 is 0 Å². The van der Waals surface area contributed by atoms with Crippen molar-refractivity contribution in [1.82, 2.24) is 0 Å². The van der Waals surface area contributed by atoms with Crippen molar-refractivity contribution in [3.63, 3.8) is 0 Å². The number of nitrogens with zero attached hydrogens (tertiary/aromatic N) is 1. The maximum atomic E-state index is 9.88. The molecule has 0 aliphatic rings. The SMILES string of the molecule is C=CC=C(C=O)N=C. The van der Waals surface area contributed by atoms with E-state index in [-0.39, 0.29) is 0 Å². The van der Waals surface area contributed by atoms with Crippen LogP contribution in [0.3, 0.4) is 0 Å². The number of aldehydes is 1. The van der Waals surface area contributed by atoms with Gasteiger partial charge in [-0.1, -0.05) is 12.7 Å². The third-order valence-corrected chi connectivity index (χ3v) is 0.592. The summed E-state index contributed by atoms with van der Waals surface area (Å²) in [7, 11) is 0. The van der Waals surface area contributed by atoms with E-state index < -0.39 is 0 Å². The Bertz CT molecular complexity index is 125. The minimum Gasteiger partial charge on any atom is -0.296 e. The van der Waals surface area contributed by atoms with Crippen LogP contribution in [-0.2, 0) is 4.79 Å². The summed E-state index contributed by atoms with van der Waals surface area (Å²) in [4.78, 5) is 13.2. The van der Waals surface area contributed by atoms with Crippen molar-refractivity contribution >= 4 is 13.0 Å². The van der Waals surface area contributed by atoms with Crippen LogP contribution in [0.1, 0.15) is 0 Å². The van der Waals surface area contributed by atoms with Gasteiger partial charge in [0, 0.05) is 0 Å². The smallest absolute Gasteiger partial charge is 0.168 e. The lowest BCUT2D eigenvalue weighted by Crippen LogP contribution is -1.74. The van der Waals surface area contributed by atoms with Crippen LogP contribution in [0.5, 0.6) is 0 Å². The van der Waals surface area contributed by atoms with E-state index in [0.717, 1.165) is 0 Å². The predicted octanol–water partition coefficient (Wildman–Crippen LogP) is 0.956. The maximum absolute atomic E-state index is 9.88. The highest BCUT2D eigenvalue weighted by Crippen LogP contribution is 1.87. The summed E-state index contributed by atoms with van der Waals surface area (Å²) in [6, 6.07) is 0. The van der Waals surface area contributed by atoms with E-state index in [1.54, 1.807) is 0 Å². The monoisotopic (exact) mass is 109 g/mol. The molecule has 2 nitrogen and oxygen atoms in total. The lowest BCUT2D eigenvalue weighted by molar-refractivity contribution is -0.104. The van der Waals surface area contributed by atoms with Crippen molar-refractivity contribution in [2.24, 2.45) is 4.99 Å². The molecule has 0 aliphatic carbocycles. The van der Waals surface area contributed by atoms with Crippen LogP contribution >= 0.6 is 0 Å². The number of hydrogen-bond acceptors (Lipinski definition) is 2. The second-order valence-electron chi connectivity index (χ2n) is 1.10. The topological polar surface area (TPSA) is 29.4 Å². The Morgan fingerprint density at radius 2 is 2.25 bits per heavy atom. The van der Waals surface area contributed by atoms with Crippen LogP contribution in [0.2, 0.25) is 0 Å². The van der Waals surface area contributed by atoms with Gasteiger partial charge in [-0.15, -0.1) is 0 Å². The van der Waals surface area contributed by atoms with Crippen LogP contribution in [0.25, 0.3) is 0 Å². The minimum absolute atomic E-state index is 0.306. The van der Waals surface area contributed by atoms with Crippen LogP contribution < -0.4 is 0 Å². The fourth-order valence-corrected chi connectivity index (χ4v) is 0.250. The molecule has 0 heterocycles. The molecule has 0 unspecified atom stereocenters. The first kappa shape index (κ1) is 6.82. The average Bonchev–Trinajstić information content (AvgIpc) is 1.83. The predicted molar refractivity (Wildman–Crippen MR) is 33.9 cm³/mol. The molecular formula is C6H7NO. The van der Waals surface area contributed by atoms with E-state index in [1.165, 1.54) is 12.2 Å². The largest absolute Gasteiger partial charge is 0.296 e. The van der Waals surface area contributed by atoms with E-state index in [1.807, 2.05) is 0 Å². The zero-order valence-electron chi connectivity index (χ0n) is 4.50. The summed E-state index contributed by atoms with van der Waals surface area (Å²) in [5.74, 6) is 0. The van der Waals surface area contributed by atoms with E-state index in [0.29, 0.717) is 12.0 Å². The molecular weight excluding hydrogens is 102 g/mol. The molecule has 42 valence electrons. The van der Waals surface area contributed by atoms with Gasteiger partial charge in [-0.2, -0.15) is 0 Å². The Morgan fingerprint density at radius 1 is 1.62 bits per heavy atom. The number of carbonyl (C=O) groups excluding carboxylic acids is 1. The van der Waals surface area contributed by atoms with Crippen LogP contribution in [0.4, 0.5) is 0 Å². The molecule has 0 aromatic carbocycles. The first-order valence-corrected chi connectivity index (χ1v) is 2.09. The number of carbonyl (C=O) groups is 1. The quantitative estimate of drug-likeness (QED) is 0.230. The van der Waals surface area contributed by atoms with Gasteiger partial charge < -0.3 is 0 Å². The molecule has 0 spiro atoms. The number of hydrogen-bond donors (Lipinski definition) is 0. The Labute approximate surface area is 48.2 Å². The number of allylic oxidation sites excluding steroid dienone is 3. The van der Waals surface area contributed by atoms with Gasteiger partial charge in [0.25, 0.3) is 0 Å². The summed E-state index contributed by atoms with van der Waals surface area (Å²) >= 11 is 0. The molecule has 8 heavy (non-hydrogen) atoms. The first-order chi connectivity index (χ1) is 3.85. The lowest BCUT2D eigenvalue weighted by atomic mass is 10.4. The second-order valence-corrected chi connectivity index (χ2v) is 1.10. The Kier molecular flexibility index (Phi) is 3.40. The molecule has 0 saturated heterocycles.